The molecule has 1 aromatic carbocycles. The molecule has 0 aliphatic rings. The van der Waals surface area contributed by atoms with E-state index in [2.05, 4.69) is 21.2 Å². The lowest BCUT2D eigenvalue weighted by atomic mass is 10.2. The average molecular weight is 384 g/mol. The van der Waals surface area contributed by atoms with Crippen LogP contribution in [-0.2, 0) is 4.79 Å². The number of pyridine rings is 1. The maximum absolute atomic E-state index is 12.4. The Bertz CT molecular complexity index is 786. The van der Waals surface area contributed by atoms with Crippen molar-refractivity contribution in [1.29, 1.82) is 0 Å². The Labute approximate surface area is 142 Å². The van der Waals surface area contributed by atoms with Crippen molar-refractivity contribution in [3.8, 4) is 0 Å². The molecule has 1 N–H and O–H groups in total. The molecule has 0 saturated heterocycles. The highest BCUT2D eigenvalue weighted by molar-refractivity contribution is 9.10. The van der Waals surface area contributed by atoms with Crippen LogP contribution in [0.2, 0.25) is 5.02 Å². The van der Waals surface area contributed by atoms with Gasteiger partial charge >= 0.3 is 0 Å². The van der Waals surface area contributed by atoms with E-state index in [1.165, 1.54) is 4.57 Å². The normalized spacial score (nSPS) is 12.0. The molecule has 1 amide bonds. The summed E-state index contributed by atoms with van der Waals surface area (Å²) < 4.78 is 2.16. The predicted molar refractivity (Wildman–Crippen MR) is 92.7 cm³/mol. The third kappa shape index (κ3) is 3.42. The van der Waals surface area contributed by atoms with Gasteiger partial charge in [-0.2, -0.15) is 0 Å². The lowest BCUT2D eigenvalue weighted by molar-refractivity contribution is -0.118. The highest BCUT2D eigenvalue weighted by Gasteiger charge is 2.18. The minimum atomic E-state index is -0.637. The Morgan fingerprint density at radius 3 is 2.73 bits per heavy atom. The van der Waals surface area contributed by atoms with Crippen molar-refractivity contribution in [2.75, 3.05) is 5.32 Å². The number of aromatic nitrogens is 1. The molecule has 1 unspecified atom stereocenters. The van der Waals surface area contributed by atoms with Crippen LogP contribution in [0.15, 0.2) is 39.7 Å². The molecule has 116 valence electrons. The van der Waals surface area contributed by atoms with E-state index >= 15 is 0 Å². The Balaban J connectivity index is 2.30. The van der Waals surface area contributed by atoms with Gasteiger partial charge in [0.15, 0.2) is 0 Å². The summed E-state index contributed by atoms with van der Waals surface area (Å²) >= 11 is 9.39. The first-order valence-electron chi connectivity index (χ1n) is 6.75. The summed E-state index contributed by atoms with van der Waals surface area (Å²) in [7, 11) is 0. The maximum atomic E-state index is 12.4. The Kier molecular flexibility index (Phi) is 5.08. The summed E-state index contributed by atoms with van der Waals surface area (Å²) in [6.45, 7) is 5.23. The summed E-state index contributed by atoms with van der Waals surface area (Å²) in [5.74, 6) is -0.273. The molecule has 1 aromatic heterocycles. The third-order valence-corrected chi connectivity index (χ3v) is 4.35. The molecule has 1 heterocycles. The zero-order valence-electron chi connectivity index (χ0n) is 12.5. The topological polar surface area (TPSA) is 51.1 Å². The quantitative estimate of drug-likeness (QED) is 0.868. The average Bonchev–Trinajstić information content (AvgIpc) is 2.46. The van der Waals surface area contributed by atoms with Crippen molar-refractivity contribution in [3.63, 3.8) is 0 Å². The molecule has 6 heteroatoms. The van der Waals surface area contributed by atoms with Gasteiger partial charge in [-0.3, -0.25) is 9.59 Å². The fourth-order valence-electron chi connectivity index (χ4n) is 2.10. The second-order valence-corrected chi connectivity index (χ2v) is 6.45. The van der Waals surface area contributed by atoms with E-state index < -0.39 is 6.04 Å². The van der Waals surface area contributed by atoms with Crippen molar-refractivity contribution < 1.29 is 4.79 Å². The number of hydrogen-bond acceptors (Lipinski definition) is 2. The van der Waals surface area contributed by atoms with E-state index in [0.717, 1.165) is 10.0 Å². The van der Waals surface area contributed by atoms with Gasteiger partial charge in [0.25, 0.3) is 5.56 Å². The van der Waals surface area contributed by atoms with Crippen LogP contribution in [0.3, 0.4) is 0 Å². The Morgan fingerprint density at radius 2 is 2.05 bits per heavy atom. The number of nitrogens with zero attached hydrogens (tertiary/aromatic N) is 1. The maximum Gasteiger partial charge on any atom is 0.254 e. The van der Waals surface area contributed by atoms with E-state index in [1.54, 1.807) is 44.3 Å². The van der Waals surface area contributed by atoms with Gasteiger partial charge in [-0.15, -0.1) is 0 Å². The van der Waals surface area contributed by atoms with Crippen LogP contribution >= 0.6 is 27.5 Å². The van der Waals surface area contributed by atoms with Gasteiger partial charge in [0.1, 0.15) is 6.04 Å². The highest BCUT2D eigenvalue weighted by Crippen LogP contribution is 2.24. The number of nitrogens with one attached hydrogen (secondary N) is 1. The van der Waals surface area contributed by atoms with Gasteiger partial charge in [-0.05, 0) is 60.5 Å². The van der Waals surface area contributed by atoms with Crippen molar-refractivity contribution in [1.82, 2.24) is 4.57 Å². The van der Waals surface area contributed by atoms with Crippen molar-refractivity contribution in [2.24, 2.45) is 0 Å². The molecule has 4 nitrogen and oxygen atoms in total. The minimum absolute atomic E-state index is 0.186. The first-order valence-corrected chi connectivity index (χ1v) is 7.92. The van der Waals surface area contributed by atoms with Gasteiger partial charge in [-0.25, -0.2) is 0 Å². The summed E-state index contributed by atoms with van der Waals surface area (Å²) in [5, 5.41) is 3.40. The second-order valence-electron chi connectivity index (χ2n) is 5.13. The molecule has 2 aromatic rings. The lowest BCUT2D eigenvalue weighted by Gasteiger charge is -2.17. The second kappa shape index (κ2) is 6.67. The number of halogens is 2. The Hall–Kier alpha value is -1.59. The summed E-state index contributed by atoms with van der Waals surface area (Å²) in [6, 6.07) is 6.40. The molecular formula is C16H16BrClN2O2. The highest BCUT2D eigenvalue weighted by atomic mass is 79.9. The lowest BCUT2D eigenvalue weighted by Crippen LogP contribution is -2.32. The standard InChI is InChI=1S/C16H16BrClN2O2/c1-9-7-12(17)8-20(16(9)22)11(3)15(21)19-14-6-4-5-13(18)10(14)2/h4-8,11H,1-3H3,(H,19,21). The minimum Gasteiger partial charge on any atom is -0.324 e. The summed E-state index contributed by atoms with van der Waals surface area (Å²) in [5.41, 5.74) is 1.83. The predicted octanol–water partition coefficient (Wildman–Crippen LogP) is 4.08. The van der Waals surface area contributed by atoms with Gasteiger partial charge in [0.05, 0.1) is 0 Å². The van der Waals surface area contributed by atoms with Crippen LogP contribution < -0.4 is 10.9 Å². The number of carbonyl (C=O) groups is 1. The van der Waals surface area contributed by atoms with Gasteiger partial charge in [0.2, 0.25) is 5.91 Å². The molecule has 0 spiro atoms. The largest absolute Gasteiger partial charge is 0.324 e. The first kappa shape index (κ1) is 16.8. The number of amides is 1. The zero-order chi connectivity index (χ0) is 16.4. The number of aryl methyl sites for hydroxylation is 1. The van der Waals surface area contributed by atoms with Crippen LogP contribution in [0.1, 0.15) is 24.1 Å². The van der Waals surface area contributed by atoms with Gasteiger partial charge < -0.3 is 9.88 Å². The van der Waals surface area contributed by atoms with Crippen LogP contribution in [0.4, 0.5) is 5.69 Å². The van der Waals surface area contributed by atoms with Crippen molar-refractivity contribution in [2.45, 2.75) is 26.8 Å². The molecule has 0 saturated carbocycles. The monoisotopic (exact) mass is 382 g/mol. The molecule has 22 heavy (non-hydrogen) atoms. The van der Waals surface area contributed by atoms with E-state index in [1.807, 2.05) is 6.92 Å². The fourth-order valence-corrected chi connectivity index (χ4v) is 2.83. The van der Waals surface area contributed by atoms with E-state index in [-0.39, 0.29) is 11.5 Å². The van der Waals surface area contributed by atoms with Crippen LogP contribution in [-0.4, -0.2) is 10.5 Å². The van der Waals surface area contributed by atoms with Crippen molar-refractivity contribution in [3.05, 3.63) is 61.4 Å². The third-order valence-electron chi connectivity index (χ3n) is 3.51. The molecule has 0 aliphatic carbocycles. The van der Waals surface area contributed by atoms with E-state index in [4.69, 9.17) is 11.6 Å². The zero-order valence-corrected chi connectivity index (χ0v) is 14.8. The SMILES string of the molecule is Cc1c(Cl)cccc1NC(=O)C(C)n1cc(Br)cc(C)c1=O. The van der Waals surface area contributed by atoms with E-state index in [9.17, 15) is 9.59 Å². The van der Waals surface area contributed by atoms with E-state index in [0.29, 0.717) is 16.3 Å². The first-order chi connectivity index (χ1) is 10.3. The fraction of sp³-hybridized carbons (Fsp3) is 0.250. The molecular weight excluding hydrogens is 368 g/mol. The van der Waals surface area contributed by atoms with Crippen LogP contribution in [0.25, 0.3) is 0 Å². The molecule has 2 rings (SSSR count). The molecule has 0 aliphatic heterocycles. The van der Waals surface area contributed by atoms with Crippen LogP contribution in [0, 0.1) is 13.8 Å². The Morgan fingerprint density at radius 1 is 1.36 bits per heavy atom. The number of hydrogen-bond donors (Lipinski definition) is 1. The number of carbonyl (C=O) groups excluding carboxylic acids is 1. The summed E-state index contributed by atoms with van der Waals surface area (Å²) in [6.07, 6.45) is 1.62. The molecule has 1 atom stereocenters. The smallest absolute Gasteiger partial charge is 0.254 e. The number of rotatable bonds is 3. The summed E-state index contributed by atoms with van der Waals surface area (Å²) in [4.78, 5) is 24.6. The molecule has 0 radical (unpaired) electrons. The van der Waals surface area contributed by atoms with Gasteiger partial charge in [-0.1, -0.05) is 17.7 Å². The van der Waals surface area contributed by atoms with Crippen molar-refractivity contribution >= 4 is 39.1 Å². The van der Waals surface area contributed by atoms with Gasteiger partial charge in [0, 0.05) is 26.9 Å². The van der Waals surface area contributed by atoms with Crippen LogP contribution in [0.5, 0.6) is 0 Å². The molecule has 0 fully saturated rings. The molecule has 0 bridgehead atoms. The number of benzene rings is 1. The number of anilines is 1.